The van der Waals surface area contributed by atoms with Gasteiger partial charge in [-0.25, -0.2) is 4.18 Å². The molecule has 5 rings (SSSR count). The zero-order chi connectivity index (χ0) is 26.3. The number of amides is 1. The molecule has 0 spiro atoms. The summed E-state index contributed by atoms with van der Waals surface area (Å²) in [6.07, 6.45) is 0.875. The number of rotatable bonds is 8. The van der Waals surface area contributed by atoms with Crippen molar-refractivity contribution in [1.29, 1.82) is 5.26 Å². The third-order valence-electron chi connectivity index (χ3n) is 6.48. The maximum atomic E-state index is 12.6. The molecule has 1 amide bonds. The van der Waals surface area contributed by atoms with Crippen molar-refractivity contribution in [2.75, 3.05) is 13.2 Å². The number of fused-ring (bicyclic) bond motifs is 3. The van der Waals surface area contributed by atoms with E-state index in [4.69, 9.17) is 13.8 Å². The van der Waals surface area contributed by atoms with Crippen molar-refractivity contribution in [3.05, 3.63) is 53.1 Å². The van der Waals surface area contributed by atoms with Gasteiger partial charge in [-0.15, -0.1) is 0 Å². The van der Waals surface area contributed by atoms with Gasteiger partial charge in [0.1, 0.15) is 11.8 Å². The summed E-state index contributed by atoms with van der Waals surface area (Å²) in [5.74, 6) is 1.06. The minimum absolute atomic E-state index is 0.0208. The Morgan fingerprint density at radius 1 is 1.27 bits per heavy atom. The van der Waals surface area contributed by atoms with Crippen LogP contribution < -0.4 is 4.74 Å². The molecule has 0 saturated carbocycles. The average Bonchev–Trinajstić information content (AvgIpc) is 3.53. The molecule has 1 aliphatic heterocycles. The standard InChI is InChI=1S/C25H24N4O7S/c1-14(2)35-21-7-6-15(10-17(21)13-26)25-27-24(28-36-25)19-5-3-4-18-20(19)11-16-12-22(30)29(23(16)18)8-9-34-37(31,32)33/h3-7,10,14,16,23H,8-9,11-12H2,1-2H3,(H,31,32,33)/t16?,23-/m0/s1. The van der Waals surface area contributed by atoms with Crippen molar-refractivity contribution < 1.29 is 31.2 Å². The number of ether oxygens (including phenoxy) is 1. The number of benzene rings is 2. The van der Waals surface area contributed by atoms with Crippen LogP contribution in [0.4, 0.5) is 0 Å². The fourth-order valence-corrected chi connectivity index (χ4v) is 5.40. The van der Waals surface area contributed by atoms with Crippen molar-refractivity contribution in [1.82, 2.24) is 15.0 Å². The van der Waals surface area contributed by atoms with Crippen LogP contribution in [-0.2, 0) is 25.8 Å². The zero-order valence-electron chi connectivity index (χ0n) is 20.1. The molecule has 1 aliphatic carbocycles. The van der Waals surface area contributed by atoms with E-state index in [9.17, 15) is 18.5 Å². The molecule has 2 atom stereocenters. The molecule has 192 valence electrons. The summed E-state index contributed by atoms with van der Waals surface area (Å²) in [4.78, 5) is 18.8. The Balaban J connectivity index is 1.42. The van der Waals surface area contributed by atoms with Gasteiger partial charge in [0, 0.05) is 24.1 Å². The van der Waals surface area contributed by atoms with Crippen molar-refractivity contribution in [3.8, 4) is 34.7 Å². The predicted molar refractivity (Wildman–Crippen MR) is 129 cm³/mol. The number of carbonyl (C=O) groups excluding carboxylic acids is 1. The molecule has 2 aromatic carbocycles. The first-order valence-electron chi connectivity index (χ1n) is 11.7. The molecule has 0 radical (unpaired) electrons. The molecule has 3 aromatic rings. The molecular weight excluding hydrogens is 500 g/mol. The second-order valence-electron chi connectivity index (χ2n) is 9.24. The van der Waals surface area contributed by atoms with Crippen molar-refractivity contribution >= 4 is 16.3 Å². The Morgan fingerprint density at radius 3 is 2.81 bits per heavy atom. The normalized spacial score (nSPS) is 18.7. The van der Waals surface area contributed by atoms with Crippen LogP contribution >= 0.6 is 0 Å². The molecule has 2 heterocycles. The van der Waals surface area contributed by atoms with Gasteiger partial charge in [-0.2, -0.15) is 18.7 Å². The van der Waals surface area contributed by atoms with Gasteiger partial charge in [-0.3, -0.25) is 9.35 Å². The van der Waals surface area contributed by atoms with E-state index in [0.717, 1.165) is 16.7 Å². The van der Waals surface area contributed by atoms with Crippen LogP contribution in [0, 0.1) is 17.2 Å². The van der Waals surface area contributed by atoms with Crippen LogP contribution in [0.15, 0.2) is 40.9 Å². The summed E-state index contributed by atoms with van der Waals surface area (Å²) in [6, 6.07) is 12.7. The van der Waals surface area contributed by atoms with E-state index in [1.807, 2.05) is 32.0 Å². The third-order valence-corrected chi connectivity index (χ3v) is 6.94. The molecule has 1 aromatic heterocycles. The molecule has 37 heavy (non-hydrogen) atoms. The number of hydrogen-bond donors (Lipinski definition) is 1. The predicted octanol–water partition coefficient (Wildman–Crippen LogP) is 3.33. The maximum Gasteiger partial charge on any atom is 0.397 e. The molecule has 12 heteroatoms. The van der Waals surface area contributed by atoms with Crippen LogP contribution in [0.25, 0.3) is 22.8 Å². The number of nitriles is 1. The highest BCUT2D eigenvalue weighted by molar-refractivity contribution is 7.80. The molecule has 11 nitrogen and oxygen atoms in total. The monoisotopic (exact) mass is 524 g/mol. The molecule has 1 unspecified atom stereocenters. The number of likely N-dealkylation sites (tertiary alicyclic amines) is 1. The molecular formula is C25H24N4O7S. The second-order valence-corrected chi connectivity index (χ2v) is 10.3. The topological polar surface area (TPSA) is 156 Å². The highest BCUT2D eigenvalue weighted by Crippen LogP contribution is 2.49. The summed E-state index contributed by atoms with van der Waals surface area (Å²) in [6.45, 7) is 3.47. The number of aromatic nitrogens is 2. The SMILES string of the molecule is CC(C)Oc1ccc(-c2nc(-c3cccc4c3CC3CC(=O)N(CCOS(=O)(=O)O)[C@H]43)no2)cc1C#N. The van der Waals surface area contributed by atoms with Crippen LogP contribution in [-0.4, -0.2) is 53.2 Å². The Labute approximate surface area is 213 Å². The third kappa shape index (κ3) is 4.93. The summed E-state index contributed by atoms with van der Waals surface area (Å²) in [5, 5.41) is 13.7. The Hall–Kier alpha value is -3.79. The van der Waals surface area contributed by atoms with E-state index in [1.165, 1.54) is 0 Å². The van der Waals surface area contributed by atoms with E-state index >= 15 is 0 Å². The fourth-order valence-electron chi connectivity index (χ4n) is 5.11. The fraction of sp³-hybridized carbons (Fsp3) is 0.360. The van der Waals surface area contributed by atoms with Gasteiger partial charge in [0.05, 0.1) is 24.3 Å². The van der Waals surface area contributed by atoms with E-state index in [-0.39, 0.29) is 43.0 Å². The molecule has 1 fully saturated rings. The van der Waals surface area contributed by atoms with Crippen molar-refractivity contribution in [2.45, 2.75) is 38.8 Å². The van der Waals surface area contributed by atoms with Gasteiger partial charge in [-0.1, -0.05) is 23.4 Å². The van der Waals surface area contributed by atoms with Crippen LogP contribution in [0.3, 0.4) is 0 Å². The van der Waals surface area contributed by atoms with Crippen LogP contribution in [0.5, 0.6) is 5.75 Å². The molecule has 1 saturated heterocycles. The van der Waals surface area contributed by atoms with Gasteiger partial charge in [0.2, 0.25) is 11.7 Å². The summed E-state index contributed by atoms with van der Waals surface area (Å²) in [7, 11) is -4.58. The average molecular weight is 525 g/mol. The van der Waals surface area contributed by atoms with Crippen LogP contribution in [0.2, 0.25) is 0 Å². The van der Waals surface area contributed by atoms with Gasteiger partial charge in [-0.05, 0) is 55.5 Å². The van der Waals surface area contributed by atoms with E-state index in [0.29, 0.717) is 35.5 Å². The first-order valence-corrected chi connectivity index (χ1v) is 13.1. The Kier molecular flexibility index (Phi) is 6.45. The Bertz CT molecular complexity index is 1510. The lowest BCUT2D eigenvalue weighted by Gasteiger charge is -2.25. The zero-order valence-corrected chi connectivity index (χ0v) is 20.9. The largest absolute Gasteiger partial charge is 0.490 e. The second kappa shape index (κ2) is 9.59. The van der Waals surface area contributed by atoms with Gasteiger partial charge >= 0.3 is 10.4 Å². The Morgan fingerprint density at radius 2 is 2.08 bits per heavy atom. The van der Waals surface area contributed by atoms with Crippen LogP contribution in [0.1, 0.15) is 43.0 Å². The van der Waals surface area contributed by atoms with E-state index in [1.54, 1.807) is 23.1 Å². The van der Waals surface area contributed by atoms with Gasteiger partial charge < -0.3 is 14.2 Å². The summed E-state index contributed by atoms with van der Waals surface area (Å²) < 4.78 is 46.3. The summed E-state index contributed by atoms with van der Waals surface area (Å²) in [5.41, 5.74) is 3.67. The number of carbonyl (C=O) groups is 1. The van der Waals surface area contributed by atoms with Gasteiger partial charge in [0.15, 0.2) is 0 Å². The summed E-state index contributed by atoms with van der Waals surface area (Å²) >= 11 is 0. The minimum Gasteiger partial charge on any atom is -0.490 e. The van der Waals surface area contributed by atoms with E-state index in [2.05, 4.69) is 20.4 Å². The first kappa shape index (κ1) is 24.9. The lowest BCUT2D eigenvalue weighted by Crippen LogP contribution is -2.32. The minimum atomic E-state index is -4.58. The lowest BCUT2D eigenvalue weighted by molar-refractivity contribution is -0.129. The van der Waals surface area contributed by atoms with E-state index < -0.39 is 10.4 Å². The number of nitrogens with zero attached hydrogens (tertiary/aromatic N) is 4. The van der Waals surface area contributed by atoms with Crippen molar-refractivity contribution in [2.24, 2.45) is 5.92 Å². The lowest BCUT2D eigenvalue weighted by atomic mass is 10.0. The molecule has 0 bridgehead atoms. The molecule has 2 aliphatic rings. The smallest absolute Gasteiger partial charge is 0.397 e. The maximum absolute atomic E-state index is 12.6. The quantitative estimate of drug-likeness (QED) is 0.434. The van der Waals surface area contributed by atoms with Crippen molar-refractivity contribution in [3.63, 3.8) is 0 Å². The first-order chi connectivity index (χ1) is 17.6. The number of hydrogen-bond acceptors (Lipinski definition) is 9. The van der Waals surface area contributed by atoms with Gasteiger partial charge in [0.25, 0.3) is 5.89 Å². The highest BCUT2D eigenvalue weighted by atomic mass is 32.3. The molecule has 1 N–H and O–H groups in total. The highest BCUT2D eigenvalue weighted by Gasteiger charge is 2.46.